The minimum Gasteiger partial charge on any atom is -0.369 e. The number of hydrogen-bond donors (Lipinski definition) is 1. The molecule has 1 aromatic carbocycles. The van der Waals surface area contributed by atoms with Gasteiger partial charge < -0.3 is 10.2 Å². The van der Waals surface area contributed by atoms with E-state index in [2.05, 4.69) is 47.5 Å². The smallest absolute Gasteiger partial charge is 0.0367 e. The molecule has 0 unspecified atom stereocenters. The molecule has 0 aliphatic carbocycles. The van der Waals surface area contributed by atoms with Gasteiger partial charge in [-0.05, 0) is 19.1 Å². The second-order valence-corrected chi connectivity index (χ2v) is 3.64. The molecule has 2 heteroatoms. The largest absolute Gasteiger partial charge is 0.369 e. The molecular weight excluding hydrogens is 160 g/mol. The highest BCUT2D eigenvalue weighted by Crippen LogP contribution is 2.14. The van der Waals surface area contributed by atoms with Gasteiger partial charge in [-0.2, -0.15) is 0 Å². The maximum atomic E-state index is 3.44. The van der Waals surface area contributed by atoms with Crippen molar-refractivity contribution < 1.29 is 0 Å². The molecule has 0 radical (unpaired) electrons. The maximum absolute atomic E-state index is 3.44. The molecule has 1 fully saturated rings. The maximum Gasteiger partial charge on any atom is 0.0367 e. The monoisotopic (exact) mass is 176 g/mol. The molecule has 0 spiro atoms. The van der Waals surface area contributed by atoms with E-state index in [0.717, 1.165) is 19.6 Å². The Morgan fingerprint density at radius 1 is 1.31 bits per heavy atom. The van der Waals surface area contributed by atoms with Gasteiger partial charge in [-0.25, -0.2) is 0 Å². The van der Waals surface area contributed by atoms with Crippen molar-refractivity contribution >= 4 is 5.69 Å². The number of hydrogen-bond acceptors (Lipinski definition) is 2. The van der Waals surface area contributed by atoms with Crippen molar-refractivity contribution in [3.8, 4) is 0 Å². The third-order valence-corrected chi connectivity index (χ3v) is 2.49. The Hall–Kier alpha value is -1.02. The first-order valence-corrected chi connectivity index (χ1v) is 4.89. The number of benzene rings is 1. The molecule has 1 atom stereocenters. The van der Waals surface area contributed by atoms with Crippen LogP contribution in [0.15, 0.2) is 30.3 Å². The van der Waals surface area contributed by atoms with Crippen molar-refractivity contribution in [2.75, 3.05) is 24.5 Å². The Bertz CT molecular complexity index is 258. The lowest BCUT2D eigenvalue weighted by Crippen LogP contribution is -2.49. The van der Waals surface area contributed by atoms with Gasteiger partial charge in [-0.1, -0.05) is 18.2 Å². The SMILES string of the molecule is C[C@H]1CN(c2ccccc2)CCN1. The van der Waals surface area contributed by atoms with Crippen molar-refractivity contribution in [1.82, 2.24) is 5.32 Å². The van der Waals surface area contributed by atoms with Crippen LogP contribution in [0.2, 0.25) is 0 Å². The molecule has 0 aromatic heterocycles. The summed E-state index contributed by atoms with van der Waals surface area (Å²) >= 11 is 0. The van der Waals surface area contributed by atoms with Gasteiger partial charge in [0.2, 0.25) is 0 Å². The summed E-state index contributed by atoms with van der Waals surface area (Å²) in [5, 5.41) is 3.44. The highest BCUT2D eigenvalue weighted by Gasteiger charge is 2.14. The summed E-state index contributed by atoms with van der Waals surface area (Å²) in [5.74, 6) is 0. The van der Waals surface area contributed by atoms with Crippen molar-refractivity contribution in [3.63, 3.8) is 0 Å². The fraction of sp³-hybridized carbons (Fsp3) is 0.455. The van der Waals surface area contributed by atoms with E-state index in [1.807, 2.05) is 0 Å². The summed E-state index contributed by atoms with van der Waals surface area (Å²) in [4.78, 5) is 2.43. The third-order valence-electron chi connectivity index (χ3n) is 2.49. The van der Waals surface area contributed by atoms with E-state index in [4.69, 9.17) is 0 Å². The standard InChI is InChI=1S/C11H16N2/c1-10-9-13(8-7-12-10)11-5-3-2-4-6-11/h2-6,10,12H,7-9H2,1H3/t10-/m0/s1. The lowest BCUT2D eigenvalue weighted by molar-refractivity contribution is 0.485. The van der Waals surface area contributed by atoms with Crippen molar-refractivity contribution in [1.29, 1.82) is 0 Å². The van der Waals surface area contributed by atoms with Gasteiger partial charge in [0.25, 0.3) is 0 Å². The van der Waals surface area contributed by atoms with Crippen LogP contribution in [0.5, 0.6) is 0 Å². The lowest BCUT2D eigenvalue weighted by Gasteiger charge is -2.33. The van der Waals surface area contributed by atoms with E-state index in [-0.39, 0.29) is 0 Å². The average molecular weight is 176 g/mol. The first-order valence-electron chi connectivity index (χ1n) is 4.89. The van der Waals surface area contributed by atoms with E-state index < -0.39 is 0 Å². The van der Waals surface area contributed by atoms with Gasteiger partial charge in [-0.15, -0.1) is 0 Å². The molecule has 13 heavy (non-hydrogen) atoms. The van der Waals surface area contributed by atoms with Crippen LogP contribution in [0.1, 0.15) is 6.92 Å². The van der Waals surface area contributed by atoms with E-state index >= 15 is 0 Å². The fourth-order valence-electron chi connectivity index (χ4n) is 1.81. The normalized spacial score (nSPS) is 23.2. The van der Waals surface area contributed by atoms with E-state index in [1.165, 1.54) is 5.69 Å². The number of nitrogens with one attached hydrogen (secondary N) is 1. The summed E-state index contributed by atoms with van der Waals surface area (Å²) in [5.41, 5.74) is 1.34. The second-order valence-electron chi connectivity index (χ2n) is 3.64. The molecule has 1 aromatic rings. The number of nitrogens with zero attached hydrogens (tertiary/aromatic N) is 1. The van der Waals surface area contributed by atoms with Crippen LogP contribution in [-0.2, 0) is 0 Å². The summed E-state index contributed by atoms with van der Waals surface area (Å²) in [7, 11) is 0. The van der Waals surface area contributed by atoms with Gasteiger partial charge in [0, 0.05) is 31.4 Å². The Labute approximate surface area is 79.6 Å². The quantitative estimate of drug-likeness (QED) is 0.697. The Balaban J connectivity index is 2.08. The van der Waals surface area contributed by atoms with Gasteiger partial charge in [0.1, 0.15) is 0 Å². The summed E-state index contributed by atoms with van der Waals surface area (Å²) in [6, 6.07) is 11.2. The van der Waals surface area contributed by atoms with Crippen LogP contribution in [-0.4, -0.2) is 25.7 Å². The topological polar surface area (TPSA) is 15.3 Å². The predicted octanol–water partition coefficient (Wildman–Crippen LogP) is 1.48. The van der Waals surface area contributed by atoms with Crippen molar-refractivity contribution in [3.05, 3.63) is 30.3 Å². The van der Waals surface area contributed by atoms with E-state index in [1.54, 1.807) is 0 Å². The van der Waals surface area contributed by atoms with Crippen molar-refractivity contribution in [2.24, 2.45) is 0 Å². The molecule has 2 nitrogen and oxygen atoms in total. The van der Waals surface area contributed by atoms with Crippen LogP contribution >= 0.6 is 0 Å². The zero-order valence-electron chi connectivity index (χ0n) is 8.03. The number of piperazine rings is 1. The molecule has 0 amide bonds. The predicted molar refractivity (Wildman–Crippen MR) is 56.1 cm³/mol. The van der Waals surface area contributed by atoms with Gasteiger partial charge in [0.15, 0.2) is 0 Å². The van der Waals surface area contributed by atoms with Crippen LogP contribution in [0.3, 0.4) is 0 Å². The molecule has 1 aliphatic heterocycles. The van der Waals surface area contributed by atoms with Crippen LogP contribution in [0.4, 0.5) is 5.69 Å². The summed E-state index contributed by atoms with van der Waals surface area (Å²) < 4.78 is 0. The Morgan fingerprint density at radius 2 is 2.08 bits per heavy atom. The molecule has 1 heterocycles. The molecular formula is C11H16N2. The van der Waals surface area contributed by atoms with Crippen LogP contribution < -0.4 is 10.2 Å². The fourth-order valence-corrected chi connectivity index (χ4v) is 1.81. The molecule has 1 N–H and O–H groups in total. The Morgan fingerprint density at radius 3 is 2.77 bits per heavy atom. The number of rotatable bonds is 1. The molecule has 1 saturated heterocycles. The highest BCUT2D eigenvalue weighted by molar-refractivity contribution is 5.46. The third kappa shape index (κ3) is 2.01. The van der Waals surface area contributed by atoms with Gasteiger partial charge in [0.05, 0.1) is 0 Å². The lowest BCUT2D eigenvalue weighted by atomic mass is 10.2. The average Bonchev–Trinajstić information content (AvgIpc) is 2.19. The Kier molecular flexibility index (Phi) is 2.50. The van der Waals surface area contributed by atoms with Gasteiger partial charge in [-0.3, -0.25) is 0 Å². The van der Waals surface area contributed by atoms with Crippen LogP contribution in [0, 0.1) is 0 Å². The number of anilines is 1. The van der Waals surface area contributed by atoms with E-state index in [0.29, 0.717) is 6.04 Å². The zero-order chi connectivity index (χ0) is 9.10. The van der Waals surface area contributed by atoms with Gasteiger partial charge >= 0.3 is 0 Å². The molecule has 0 bridgehead atoms. The molecule has 0 saturated carbocycles. The van der Waals surface area contributed by atoms with Crippen molar-refractivity contribution in [2.45, 2.75) is 13.0 Å². The number of para-hydroxylation sites is 1. The zero-order valence-corrected chi connectivity index (χ0v) is 8.03. The summed E-state index contributed by atoms with van der Waals surface area (Å²) in [6.07, 6.45) is 0. The first-order chi connectivity index (χ1) is 6.36. The molecule has 1 aliphatic rings. The minimum atomic E-state index is 0.606. The highest BCUT2D eigenvalue weighted by atomic mass is 15.2. The minimum absolute atomic E-state index is 0.606. The molecule has 70 valence electrons. The summed E-state index contributed by atoms with van der Waals surface area (Å²) in [6.45, 7) is 5.56. The van der Waals surface area contributed by atoms with Crippen LogP contribution in [0.25, 0.3) is 0 Å². The second kappa shape index (κ2) is 3.79. The first kappa shape index (κ1) is 8.57. The van der Waals surface area contributed by atoms with E-state index in [9.17, 15) is 0 Å². The molecule has 2 rings (SSSR count).